The van der Waals surface area contributed by atoms with Gasteiger partial charge in [0.25, 0.3) is 0 Å². The van der Waals surface area contributed by atoms with Gasteiger partial charge in [0.05, 0.1) is 0 Å². The second-order valence-corrected chi connectivity index (χ2v) is 9.13. The zero-order valence-electron chi connectivity index (χ0n) is 22.3. The summed E-state index contributed by atoms with van der Waals surface area (Å²) in [6.07, 6.45) is -32.7. The monoisotopic (exact) mass is 878 g/mol. The van der Waals surface area contributed by atoms with Gasteiger partial charge in [-0.2, -0.15) is 140 Å². The molecular weight excluding hydrogens is 878 g/mol. The fourth-order valence-corrected chi connectivity index (χ4v) is 2.60. The molecule has 0 aromatic carbocycles. The van der Waals surface area contributed by atoms with Crippen LogP contribution in [0.25, 0.3) is 0 Å². The molecule has 53 heavy (non-hydrogen) atoms. The Balaban J connectivity index is 7.29. The van der Waals surface area contributed by atoms with Gasteiger partial charge in [0.1, 0.15) is 0 Å². The number of hydrogen-bond acceptors (Lipinski definition) is 1. The lowest BCUT2D eigenvalue weighted by Gasteiger charge is -2.39. The van der Waals surface area contributed by atoms with Crippen LogP contribution in [0, 0.1) is 0 Å². The van der Waals surface area contributed by atoms with E-state index in [1.165, 1.54) is 0 Å². The van der Waals surface area contributed by atoms with Crippen LogP contribution in [0.5, 0.6) is 0 Å². The van der Waals surface area contributed by atoms with E-state index < -0.39 is 107 Å². The summed E-state index contributed by atoms with van der Waals surface area (Å²) >= 11 is 0. The van der Waals surface area contributed by atoms with E-state index in [0.717, 1.165) is 4.74 Å². The van der Waals surface area contributed by atoms with Crippen molar-refractivity contribution in [3.05, 3.63) is 23.3 Å². The van der Waals surface area contributed by atoms with E-state index in [9.17, 15) is 149 Å². The number of hydrogen-bond donors (Lipinski definition) is 0. The van der Waals surface area contributed by atoms with E-state index in [1.54, 1.807) is 0 Å². The molecule has 316 valence electrons. The summed E-state index contributed by atoms with van der Waals surface area (Å²) in [5, 5.41) is 0. The van der Waals surface area contributed by atoms with Crippen LogP contribution < -0.4 is 0 Å². The van der Waals surface area contributed by atoms with Crippen LogP contribution in [0.15, 0.2) is 23.3 Å². The first-order chi connectivity index (χ1) is 22.3. The topological polar surface area (TPSA) is 9.23 Å². The molecule has 0 aromatic rings. The Kier molecular flexibility index (Phi) is 12.1. The van der Waals surface area contributed by atoms with Gasteiger partial charge in [-0.3, -0.25) is 0 Å². The second-order valence-electron chi connectivity index (χ2n) is 9.13. The first-order valence-corrected chi connectivity index (χ1v) is 10.8. The largest absolute Gasteiger partial charge is 0.460 e. The van der Waals surface area contributed by atoms with Crippen LogP contribution in [0.3, 0.4) is 0 Å². The molecule has 0 saturated heterocycles. The average molecular weight is 878 g/mol. The maximum Gasteiger partial charge on any atom is 0.460 e. The summed E-state index contributed by atoms with van der Waals surface area (Å²) in [5.41, 5.74) is 0. The van der Waals surface area contributed by atoms with E-state index in [2.05, 4.69) is 0 Å². The predicted molar refractivity (Wildman–Crippen MR) is 91.0 cm³/mol. The quantitative estimate of drug-likeness (QED) is 0.158. The number of allylic oxidation sites excluding steroid dienone is 2. The first-order valence-electron chi connectivity index (χ1n) is 10.8. The highest BCUT2D eigenvalue weighted by molar-refractivity contribution is 5.25. The third kappa shape index (κ3) is 6.95. The highest BCUT2D eigenvalue weighted by atomic mass is 19.4. The minimum atomic E-state index is -9.17. The minimum Gasteiger partial charge on any atom is -0.243 e. The van der Waals surface area contributed by atoms with E-state index in [-0.39, 0.29) is 0 Å². The van der Waals surface area contributed by atoms with E-state index in [0.29, 0.717) is 0 Å². The third-order valence-corrected chi connectivity index (χ3v) is 5.57. The molecule has 0 aromatic heterocycles. The Morgan fingerprint density at radius 2 is 0.396 bits per heavy atom. The molecule has 0 amide bonds. The highest BCUT2D eigenvalue weighted by Crippen LogP contribution is 2.64. The van der Waals surface area contributed by atoms with Crippen molar-refractivity contribution >= 4 is 0 Å². The maximum absolute atomic E-state index is 13.5. The Morgan fingerprint density at radius 1 is 0.226 bits per heavy atom. The molecule has 0 N–H and O–H groups in total. The van der Waals surface area contributed by atoms with Crippen molar-refractivity contribution < 1.29 is 154 Å². The molecule has 0 heterocycles. The molecule has 0 bridgehead atoms. The molecule has 0 fully saturated rings. The Morgan fingerprint density at radius 3 is 0.566 bits per heavy atom. The van der Waals surface area contributed by atoms with Crippen LogP contribution >= 0.6 is 0 Å². The van der Waals surface area contributed by atoms with Gasteiger partial charge < -0.3 is 0 Å². The van der Waals surface area contributed by atoms with Gasteiger partial charge in [0, 0.05) is 0 Å². The average Bonchev–Trinajstić information content (AvgIpc) is 2.92. The molecule has 0 aliphatic carbocycles. The summed E-state index contributed by atoms with van der Waals surface area (Å²) in [7, 11) is 0. The summed E-state index contributed by atoms with van der Waals surface area (Å²) < 4.78 is 446. The lowest BCUT2D eigenvalue weighted by molar-refractivity contribution is -0.438. The number of rotatable bonds is 14. The second kappa shape index (κ2) is 12.8. The fourth-order valence-electron chi connectivity index (χ4n) is 2.60. The van der Waals surface area contributed by atoms with Gasteiger partial charge in [0.15, 0.2) is 0 Å². The molecule has 0 aliphatic heterocycles. The van der Waals surface area contributed by atoms with Gasteiger partial charge >= 0.3 is 83.8 Å². The SMILES string of the molecule is FC(=C(F)C(F)(F)C(F)(F)C(F)(F)C(F)(F)C(F)(F)C(F)(F)F)C(F)(F)OC(F)(F)C(F)=C(F)C(F)(F)C(F)(F)C(F)(F)C(F)(F)C(F)(F)C(F)(F)F. The standard InChI is InChI=1S/C18F34O/c19-1(5(23,24)9(31,32)11(35,36)13(39,40)15(43,44)17(47,48)49)3(21)7(27,28)53-8(29,30)4(22)2(20)6(25,26)10(33,34)12(37,38)14(41,42)16(45,46)18(50,51)52. The molecule has 0 spiro atoms. The predicted octanol–water partition coefficient (Wildman–Crippen LogP) is 12.0. The lowest BCUT2D eigenvalue weighted by atomic mass is 9.93. The van der Waals surface area contributed by atoms with Gasteiger partial charge in [-0.1, -0.05) is 0 Å². The van der Waals surface area contributed by atoms with Crippen LogP contribution in [0.4, 0.5) is 149 Å². The van der Waals surface area contributed by atoms with E-state index in [1.807, 2.05) is 0 Å². The highest BCUT2D eigenvalue weighted by Gasteiger charge is 2.93. The van der Waals surface area contributed by atoms with Crippen molar-refractivity contribution in [3.63, 3.8) is 0 Å². The van der Waals surface area contributed by atoms with Gasteiger partial charge in [-0.15, -0.1) is 0 Å². The lowest BCUT2D eigenvalue weighted by Crippen LogP contribution is -2.70. The van der Waals surface area contributed by atoms with Crippen LogP contribution in [0.2, 0.25) is 0 Å². The zero-order valence-corrected chi connectivity index (χ0v) is 22.3. The molecule has 35 heteroatoms. The number of ether oxygens (including phenoxy) is 1. The summed E-state index contributed by atoms with van der Waals surface area (Å²) in [5.74, 6) is -113. The van der Waals surface area contributed by atoms with Crippen LogP contribution in [0.1, 0.15) is 0 Å². The van der Waals surface area contributed by atoms with Crippen LogP contribution in [-0.4, -0.2) is 83.8 Å². The van der Waals surface area contributed by atoms with Crippen LogP contribution in [-0.2, 0) is 4.74 Å². The molecule has 0 rings (SSSR count). The normalized spacial score (nSPS) is 17.5. The van der Waals surface area contributed by atoms with Gasteiger partial charge in [-0.25, -0.2) is 13.5 Å². The fraction of sp³-hybridized carbons (Fsp3) is 0.778. The number of alkyl halides is 30. The third-order valence-electron chi connectivity index (χ3n) is 5.57. The molecule has 0 radical (unpaired) electrons. The zero-order chi connectivity index (χ0) is 44.0. The molecule has 0 saturated carbocycles. The van der Waals surface area contributed by atoms with Crippen molar-refractivity contribution in [2.75, 3.05) is 0 Å². The van der Waals surface area contributed by atoms with Crippen molar-refractivity contribution in [2.45, 2.75) is 83.8 Å². The smallest absolute Gasteiger partial charge is 0.243 e. The van der Waals surface area contributed by atoms with Crippen molar-refractivity contribution in [1.82, 2.24) is 0 Å². The first kappa shape index (κ1) is 50.1. The van der Waals surface area contributed by atoms with E-state index in [4.69, 9.17) is 0 Å². The Bertz CT molecular complexity index is 1310. The summed E-state index contributed by atoms with van der Waals surface area (Å²) in [6, 6.07) is 0. The molecule has 0 atom stereocenters. The molecular formula is C18F34O. The summed E-state index contributed by atoms with van der Waals surface area (Å²) in [6.45, 7) is 0. The summed E-state index contributed by atoms with van der Waals surface area (Å²) in [4.78, 5) is 0. The van der Waals surface area contributed by atoms with Crippen molar-refractivity contribution in [1.29, 1.82) is 0 Å². The molecule has 1 nitrogen and oxygen atoms in total. The maximum atomic E-state index is 13.5. The van der Waals surface area contributed by atoms with Crippen molar-refractivity contribution in [2.24, 2.45) is 0 Å². The Labute approximate surface area is 262 Å². The molecule has 0 aliphatic rings. The number of halogens is 34. The minimum absolute atomic E-state index is 1.13. The van der Waals surface area contributed by atoms with Crippen molar-refractivity contribution in [3.8, 4) is 0 Å². The van der Waals surface area contributed by atoms with Gasteiger partial charge in [-0.05, 0) is 0 Å². The Hall–Kier alpha value is -2.94. The van der Waals surface area contributed by atoms with Gasteiger partial charge in [0.2, 0.25) is 23.3 Å². The molecule has 0 unspecified atom stereocenters. The van der Waals surface area contributed by atoms with E-state index >= 15 is 0 Å².